The van der Waals surface area contributed by atoms with Crippen molar-refractivity contribution in [3.8, 4) is 5.75 Å². The van der Waals surface area contributed by atoms with Crippen molar-refractivity contribution in [1.82, 2.24) is 9.80 Å². The number of hydrogen-bond donors (Lipinski definition) is 1. The van der Waals surface area contributed by atoms with Crippen molar-refractivity contribution in [2.75, 3.05) is 57.1 Å². The van der Waals surface area contributed by atoms with E-state index in [1.807, 2.05) is 0 Å². The van der Waals surface area contributed by atoms with Crippen molar-refractivity contribution in [3.63, 3.8) is 0 Å². The van der Waals surface area contributed by atoms with Gasteiger partial charge in [0.2, 0.25) is 0 Å². The van der Waals surface area contributed by atoms with E-state index in [-0.39, 0.29) is 36.7 Å². The lowest BCUT2D eigenvalue weighted by molar-refractivity contribution is -0.143. The van der Waals surface area contributed by atoms with Crippen molar-refractivity contribution in [2.24, 2.45) is 0 Å². The van der Waals surface area contributed by atoms with E-state index >= 15 is 0 Å². The lowest BCUT2D eigenvalue weighted by atomic mass is 10.1. The quantitative estimate of drug-likeness (QED) is 0.491. The van der Waals surface area contributed by atoms with Crippen LogP contribution in [0.25, 0.3) is 0 Å². The highest BCUT2D eigenvalue weighted by atomic mass is 19.4. The third-order valence-electron chi connectivity index (χ3n) is 5.55. The molecule has 3 rings (SSSR count). The summed E-state index contributed by atoms with van der Waals surface area (Å²) in [6.45, 7) is -4.31. The minimum atomic E-state index is -5.57. The molecule has 1 N–H and O–H groups in total. The number of urea groups is 1. The Balaban J connectivity index is 2.15. The average Bonchev–Trinajstić information content (AvgIpc) is 3.17. The zero-order chi connectivity index (χ0) is 31.8. The first kappa shape index (κ1) is 25.7. The fourth-order valence-corrected chi connectivity index (χ4v) is 3.83. The molecule has 15 heteroatoms. The number of benzene rings is 2. The number of aliphatic hydroxyl groups excluding tert-OH is 1. The Morgan fingerprint density at radius 2 is 1.74 bits per heavy atom. The van der Waals surface area contributed by atoms with Crippen LogP contribution >= 0.6 is 0 Å². The number of halogens is 7. The lowest BCUT2D eigenvalue weighted by Crippen LogP contribution is -2.40. The Labute approximate surface area is 223 Å². The van der Waals surface area contributed by atoms with Crippen molar-refractivity contribution in [2.45, 2.75) is 18.5 Å². The Morgan fingerprint density at radius 1 is 1.10 bits per heavy atom. The van der Waals surface area contributed by atoms with Gasteiger partial charge >= 0.3 is 24.5 Å². The van der Waals surface area contributed by atoms with Gasteiger partial charge in [0.15, 0.2) is 5.75 Å². The van der Waals surface area contributed by atoms with Crippen molar-refractivity contribution >= 4 is 23.5 Å². The van der Waals surface area contributed by atoms with Crippen molar-refractivity contribution in [1.29, 1.82) is 0 Å². The summed E-state index contributed by atoms with van der Waals surface area (Å²) in [7, 11) is 3.25. The number of ether oxygens (including phenoxy) is 1. The lowest BCUT2D eigenvalue weighted by Gasteiger charge is -2.26. The fourth-order valence-electron chi connectivity index (χ4n) is 3.83. The van der Waals surface area contributed by atoms with Crippen molar-refractivity contribution < 1.29 is 54.3 Å². The molecule has 1 saturated heterocycles. The van der Waals surface area contributed by atoms with Gasteiger partial charge in [-0.3, -0.25) is 9.80 Å². The molecule has 0 spiro atoms. The first-order valence-corrected chi connectivity index (χ1v) is 11.2. The largest absolute Gasteiger partial charge is 0.420 e. The normalized spacial score (nSPS) is 16.7. The van der Waals surface area contributed by atoms with Crippen LogP contribution in [-0.2, 0) is 12.4 Å². The van der Waals surface area contributed by atoms with Gasteiger partial charge in [-0.05, 0) is 50.5 Å². The zero-order valence-electron chi connectivity index (χ0n) is 23.5. The molecule has 1 fully saturated rings. The molecule has 8 nitrogen and oxygen atoms in total. The predicted octanol–water partition coefficient (Wildman–Crippen LogP) is 4.66. The first-order chi connectivity index (χ1) is 19.2. The van der Waals surface area contributed by atoms with Crippen LogP contribution in [0.3, 0.4) is 0 Å². The molecule has 3 amide bonds. The van der Waals surface area contributed by atoms with Crippen LogP contribution in [0.5, 0.6) is 5.75 Å². The minimum Gasteiger partial charge on any atom is -0.407 e. The van der Waals surface area contributed by atoms with Gasteiger partial charge in [-0.25, -0.2) is 14.0 Å². The number of rotatable bonds is 7. The predicted molar refractivity (Wildman–Crippen MR) is 126 cm³/mol. The van der Waals surface area contributed by atoms with Crippen LogP contribution in [0.2, 0.25) is 0 Å². The van der Waals surface area contributed by atoms with Gasteiger partial charge < -0.3 is 19.6 Å². The summed E-state index contributed by atoms with van der Waals surface area (Å²) in [6.07, 6.45) is -14.0. The van der Waals surface area contributed by atoms with E-state index in [1.165, 1.54) is 0 Å². The molecule has 2 aromatic rings. The molecular formula is C24H25F7N4O4. The van der Waals surface area contributed by atoms with Crippen LogP contribution in [-0.4, -0.2) is 80.4 Å². The van der Waals surface area contributed by atoms with Crippen LogP contribution < -0.4 is 14.5 Å². The third-order valence-corrected chi connectivity index (χ3v) is 5.55. The molecular weight excluding hydrogens is 541 g/mol. The second-order valence-electron chi connectivity index (χ2n) is 8.84. The van der Waals surface area contributed by atoms with Gasteiger partial charge in [-0.15, -0.1) is 0 Å². The van der Waals surface area contributed by atoms with Crippen molar-refractivity contribution in [3.05, 3.63) is 53.3 Å². The number of β-amino-alcohol motifs (C(OH)–C–C–N with tert-alkyl or cyclic N) is 1. The summed E-state index contributed by atoms with van der Waals surface area (Å²) in [5, 5.41) is 10.2. The molecule has 0 saturated carbocycles. The summed E-state index contributed by atoms with van der Waals surface area (Å²) in [5.41, 5.74) is -5.56. The Kier molecular flexibility index (Phi) is 7.41. The Bertz CT molecular complexity index is 1310. The van der Waals surface area contributed by atoms with Crippen LogP contribution in [0.15, 0.2) is 36.4 Å². The van der Waals surface area contributed by atoms with E-state index in [1.54, 1.807) is 19.0 Å². The summed E-state index contributed by atoms with van der Waals surface area (Å²) in [4.78, 5) is 29.2. The SMILES string of the molecule is [2H]C([2H])([2H])N(C(=O)Oc1c(N2CCN(CC(O)CN(C)C)C2=O)cc(C(F)(F)F)cc1C(F)(F)F)c1ccc(F)cc1. The van der Waals surface area contributed by atoms with Crippen LogP contribution in [0.4, 0.5) is 51.7 Å². The summed E-state index contributed by atoms with van der Waals surface area (Å²) >= 11 is 0. The number of nitrogens with zero attached hydrogens (tertiary/aromatic N) is 4. The number of carbonyl (C=O) groups is 2. The van der Waals surface area contributed by atoms with E-state index in [4.69, 9.17) is 8.85 Å². The molecule has 1 unspecified atom stereocenters. The molecule has 0 bridgehead atoms. The molecule has 1 aliphatic heterocycles. The zero-order valence-corrected chi connectivity index (χ0v) is 20.5. The van der Waals surface area contributed by atoms with Gasteiger partial charge in [0, 0.05) is 43.0 Å². The monoisotopic (exact) mass is 569 g/mol. The van der Waals surface area contributed by atoms with E-state index < -0.39 is 78.2 Å². The average molecular weight is 569 g/mol. The van der Waals surface area contributed by atoms with Gasteiger partial charge in [0.05, 0.1) is 17.4 Å². The van der Waals surface area contributed by atoms with E-state index in [0.717, 1.165) is 29.2 Å². The summed E-state index contributed by atoms with van der Waals surface area (Å²) in [5.74, 6) is -2.39. The number of amides is 3. The molecule has 0 aliphatic carbocycles. The molecule has 2 aromatic carbocycles. The fraction of sp³-hybridized carbons (Fsp3) is 0.417. The molecule has 1 aliphatic rings. The summed E-state index contributed by atoms with van der Waals surface area (Å²) < 4.78 is 125. The Morgan fingerprint density at radius 3 is 2.28 bits per heavy atom. The standard InChI is InChI=1S/C24H25F7N4O4/c1-32(2)12-17(36)13-34-8-9-35(21(34)37)19-11-14(23(26,27)28)10-18(24(29,30)31)20(19)39-22(38)33(3)16-6-4-15(25)5-7-16/h4-7,10-11,17,36H,8-9,12-13H2,1-3H3/i3D3. The van der Waals surface area contributed by atoms with Crippen LogP contribution in [0, 0.1) is 5.82 Å². The first-order valence-electron chi connectivity index (χ1n) is 12.7. The number of carbonyl (C=O) groups excluding carboxylic acids is 2. The van der Waals surface area contributed by atoms with Gasteiger partial charge in [-0.1, -0.05) is 0 Å². The minimum absolute atomic E-state index is 0.0861. The number of anilines is 2. The van der Waals surface area contributed by atoms with Gasteiger partial charge in [0.25, 0.3) is 0 Å². The molecule has 0 radical (unpaired) electrons. The van der Waals surface area contributed by atoms with E-state index in [9.17, 15) is 45.4 Å². The number of aliphatic hydroxyl groups is 1. The molecule has 214 valence electrons. The van der Waals surface area contributed by atoms with Gasteiger partial charge in [-0.2, -0.15) is 26.3 Å². The maximum absolute atomic E-state index is 14.1. The molecule has 39 heavy (non-hydrogen) atoms. The van der Waals surface area contributed by atoms with E-state index in [0.29, 0.717) is 4.90 Å². The third kappa shape index (κ3) is 7.09. The molecule has 1 atom stereocenters. The maximum Gasteiger partial charge on any atom is 0.420 e. The highest BCUT2D eigenvalue weighted by Gasteiger charge is 2.44. The topological polar surface area (TPSA) is 76.6 Å². The highest BCUT2D eigenvalue weighted by Crippen LogP contribution is 2.47. The highest BCUT2D eigenvalue weighted by molar-refractivity contribution is 5.97. The molecule has 1 heterocycles. The number of alkyl halides is 6. The number of hydrogen-bond acceptors (Lipinski definition) is 5. The Hall–Kier alpha value is -3.59. The second-order valence-corrected chi connectivity index (χ2v) is 8.84. The van der Waals surface area contributed by atoms with E-state index in [2.05, 4.69) is 0 Å². The van der Waals surface area contributed by atoms with Crippen LogP contribution in [0.1, 0.15) is 15.2 Å². The number of likely N-dealkylation sites (N-methyl/N-ethyl adjacent to an activating group) is 1. The maximum atomic E-state index is 14.1. The summed E-state index contributed by atoms with van der Waals surface area (Å²) in [6, 6.07) is 1.91. The van der Waals surface area contributed by atoms with Gasteiger partial charge in [0.1, 0.15) is 11.4 Å². The smallest absolute Gasteiger partial charge is 0.407 e. The second kappa shape index (κ2) is 11.3. The molecule has 0 aromatic heterocycles.